The fraction of sp³-hybridized carbons (Fsp3) is 0.409. The highest BCUT2D eigenvalue weighted by atomic mass is 32.2. The summed E-state index contributed by atoms with van der Waals surface area (Å²) in [5, 5.41) is 5.48. The van der Waals surface area contributed by atoms with Gasteiger partial charge in [0.25, 0.3) is 0 Å². The number of sulfonamides is 1. The van der Waals surface area contributed by atoms with Crippen LogP contribution in [0.2, 0.25) is 0 Å². The average molecular weight is 432 g/mol. The molecule has 0 radical (unpaired) electrons. The smallest absolute Gasteiger partial charge is 0.319 e. The Labute approximate surface area is 178 Å². The molecule has 0 aromatic heterocycles. The number of carbonyl (C=O) groups excluding carboxylic acids is 1. The molecule has 30 heavy (non-hydrogen) atoms. The number of morpholine rings is 1. The minimum Gasteiger partial charge on any atom is -0.373 e. The molecule has 8 heteroatoms. The van der Waals surface area contributed by atoms with Gasteiger partial charge in [-0.25, -0.2) is 13.2 Å². The number of hydrogen-bond acceptors (Lipinski definition) is 4. The first-order valence-electron chi connectivity index (χ1n) is 10.1. The normalized spacial score (nSPS) is 19.9. The van der Waals surface area contributed by atoms with Crippen LogP contribution in [0.25, 0.3) is 0 Å². The highest BCUT2D eigenvalue weighted by Crippen LogP contribution is 2.19. The summed E-state index contributed by atoms with van der Waals surface area (Å²) in [6.07, 6.45) is 0.417. The van der Waals surface area contributed by atoms with Gasteiger partial charge in [-0.05, 0) is 37.5 Å². The SMILES string of the molecule is C[C@@H]1CN(S(=O)(=O)CCNC(=O)Nc2ccccc2Cc2ccccc2)C[C@@H](C)O1. The van der Waals surface area contributed by atoms with Gasteiger partial charge in [0.05, 0.1) is 18.0 Å². The van der Waals surface area contributed by atoms with E-state index in [1.807, 2.05) is 68.4 Å². The number of hydrogen-bond donors (Lipinski definition) is 2. The maximum atomic E-state index is 12.6. The minimum absolute atomic E-state index is 0.0368. The molecule has 0 spiro atoms. The van der Waals surface area contributed by atoms with Gasteiger partial charge < -0.3 is 15.4 Å². The number of para-hydroxylation sites is 1. The van der Waals surface area contributed by atoms with Crippen molar-refractivity contribution in [1.29, 1.82) is 0 Å². The Morgan fingerprint density at radius 3 is 2.37 bits per heavy atom. The Hall–Kier alpha value is -2.42. The molecule has 2 aromatic rings. The molecule has 2 amide bonds. The standard InChI is InChI=1S/C22H29N3O4S/c1-17-15-25(16-18(2)29-17)30(27,28)13-12-23-22(26)24-21-11-7-6-10-20(21)14-19-8-4-3-5-9-19/h3-11,17-18H,12-16H2,1-2H3,(H2,23,24,26)/t17-,18-/m1/s1. The summed E-state index contributed by atoms with van der Waals surface area (Å²) in [6, 6.07) is 17.2. The van der Waals surface area contributed by atoms with E-state index < -0.39 is 16.1 Å². The van der Waals surface area contributed by atoms with Crippen molar-refractivity contribution < 1.29 is 17.9 Å². The van der Waals surface area contributed by atoms with Gasteiger partial charge in [0.2, 0.25) is 10.0 Å². The van der Waals surface area contributed by atoms with Crippen molar-refractivity contribution in [2.75, 3.05) is 30.7 Å². The molecule has 3 rings (SSSR count). The first kappa shape index (κ1) is 22.3. The summed E-state index contributed by atoms with van der Waals surface area (Å²) in [4.78, 5) is 12.3. The Morgan fingerprint density at radius 2 is 1.67 bits per heavy atom. The Kier molecular flexibility index (Phi) is 7.47. The fourth-order valence-corrected chi connectivity index (χ4v) is 5.05. The van der Waals surface area contributed by atoms with Gasteiger partial charge >= 0.3 is 6.03 Å². The molecule has 0 aliphatic carbocycles. The molecule has 0 unspecified atom stereocenters. The summed E-state index contributed by atoms with van der Waals surface area (Å²) < 4.78 is 32.2. The van der Waals surface area contributed by atoms with Crippen molar-refractivity contribution in [2.45, 2.75) is 32.5 Å². The van der Waals surface area contributed by atoms with Crippen LogP contribution >= 0.6 is 0 Å². The Morgan fingerprint density at radius 1 is 1.03 bits per heavy atom. The summed E-state index contributed by atoms with van der Waals surface area (Å²) in [5.74, 6) is -0.147. The second-order valence-electron chi connectivity index (χ2n) is 7.59. The maximum Gasteiger partial charge on any atom is 0.319 e. The molecule has 7 nitrogen and oxygen atoms in total. The van der Waals surface area contributed by atoms with Gasteiger partial charge in [0, 0.05) is 25.3 Å². The van der Waals surface area contributed by atoms with E-state index in [1.54, 1.807) is 0 Å². The Balaban J connectivity index is 1.53. The average Bonchev–Trinajstić information content (AvgIpc) is 2.69. The van der Waals surface area contributed by atoms with Gasteiger partial charge in [-0.15, -0.1) is 0 Å². The number of nitrogens with zero attached hydrogens (tertiary/aromatic N) is 1. The molecule has 1 aliphatic heterocycles. The van der Waals surface area contributed by atoms with E-state index in [0.29, 0.717) is 25.2 Å². The Bertz CT molecular complexity index is 940. The number of carbonyl (C=O) groups is 1. The van der Waals surface area contributed by atoms with E-state index in [4.69, 9.17) is 4.74 Å². The molecule has 1 fully saturated rings. The first-order valence-corrected chi connectivity index (χ1v) is 11.7. The summed E-state index contributed by atoms with van der Waals surface area (Å²) in [5.41, 5.74) is 2.84. The number of nitrogens with one attached hydrogen (secondary N) is 2. The lowest BCUT2D eigenvalue weighted by molar-refractivity contribution is -0.0440. The lowest BCUT2D eigenvalue weighted by Crippen LogP contribution is -2.49. The monoisotopic (exact) mass is 431 g/mol. The zero-order valence-corrected chi connectivity index (χ0v) is 18.2. The van der Waals surface area contributed by atoms with Crippen molar-refractivity contribution >= 4 is 21.7 Å². The van der Waals surface area contributed by atoms with E-state index in [9.17, 15) is 13.2 Å². The topological polar surface area (TPSA) is 87.7 Å². The van der Waals surface area contributed by atoms with Gasteiger partial charge in [-0.3, -0.25) is 0 Å². The number of ether oxygens (including phenoxy) is 1. The quantitative estimate of drug-likeness (QED) is 0.706. The van der Waals surface area contributed by atoms with Crippen LogP contribution < -0.4 is 10.6 Å². The van der Waals surface area contributed by atoms with Crippen molar-refractivity contribution in [2.24, 2.45) is 0 Å². The third-order valence-electron chi connectivity index (χ3n) is 4.93. The largest absolute Gasteiger partial charge is 0.373 e. The fourth-order valence-electron chi connectivity index (χ4n) is 3.56. The molecule has 162 valence electrons. The van der Waals surface area contributed by atoms with Crippen LogP contribution in [0.4, 0.5) is 10.5 Å². The van der Waals surface area contributed by atoms with E-state index in [2.05, 4.69) is 10.6 Å². The maximum absolute atomic E-state index is 12.6. The van der Waals surface area contributed by atoms with Crippen LogP contribution in [0.5, 0.6) is 0 Å². The predicted molar refractivity (Wildman–Crippen MR) is 118 cm³/mol. The third kappa shape index (κ3) is 6.29. The van der Waals surface area contributed by atoms with Crippen LogP contribution in [0.3, 0.4) is 0 Å². The van der Waals surface area contributed by atoms with Crippen LogP contribution in [0, 0.1) is 0 Å². The highest BCUT2D eigenvalue weighted by Gasteiger charge is 2.30. The molecule has 1 aliphatic rings. The van der Waals surface area contributed by atoms with Crippen LogP contribution in [0.15, 0.2) is 54.6 Å². The van der Waals surface area contributed by atoms with Crippen LogP contribution in [-0.4, -0.2) is 56.3 Å². The van der Waals surface area contributed by atoms with E-state index in [1.165, 1.54) is 4.31 Å². The van der Waals surface area contributed by atoms with Gasteiger partial charge in [0.1, 0.15) is 0 Å². The highest BCUT2D eigenvalue weighted by molar-refractivity contribution is 7.89. The molecule has 0 saturated carbocycles. The zero-order valence-electron chi connectivity index (χ0n) is 17.4. The van der Waals surface area contributed by atoms with Gasteiger partial charge in [-0.1, -0.05) is 48.5 Å². The summed E-state index contributed by atoms with van der Waals surface area (Å²) in [6.45, 7) is 4.43. The van der Waals surface area contributed by atoms with E-state index >= 15 is 0 Å². The molecular weight excluding hydrogens is 402 g/mol. The third-order valence-corrected chi connectivity index (χ3v) is 6.73. The van der Waals surface area contributed by atoms with Crippen molar-refractivity contribution in [3.8, 4) is 0 Å². The van der Waals surface area contributed by atoms with Gasteiger partial charge in [0.15, 0.2) is 0 Å². The van der Waals surface area contributed by atoms with Crippen molar-refractivity contribution in [3.05, 3.63) is 65.7 Å². The first-order chi connectivity index (χ1) is 14.3. The van der Waals surface area contributed by atoms with Crippen molar-refractivity contribution in [1.82, 2.24) is 9.62 Å². The molecule has 1 saturated heterocycles. The van der Waals surface area contributed by atoms with Crippen LogP contribution in [-0.2, 0) is 21.2 Å². The zero-order chi connectivity index (χ0) is 21.6. The number of urea groups is 1. The number of benzene rings is 2. The molecule has 1 heterocycles. The lowest BCUT2D eigenvalue weighted by Gasteiger charge is -2.34. The molecular formula is C22H29N3O4S. The van der Waals surface area contributed by atoms with E-state index in [0.717, 1.165) is 11.1 Å². The molecule has 2 N–H and O–H groups in total. The van der Waals surface area contributed by atoms with Crippen molar-refractivity contribution in [3.63, 3.8) is 0 Å². The summed E-state index contributed by atoms with van der Waals surface area (Å²) in [7, 11) is -3.46. The van der Waals surface area contributed by atoms with Crippen LogP contribution in [0.1, 0.15) is 25.0 Å². The minimum atomic E-state index is -3.46. The predicted octanol–water partition coefficient (Wildman–Crippen LogP) is 2.84. The lowest BCUT2D eigenvalue weighted by atomic mass is 10.0. The number of anilines is 1. The molecule has 2 atom stereocenters. The number of amides is 2. The summed E-state index contributed by atoms with van der Waals surface area (Å²) >= 11 is 0. The second kappa shape index (κ2) is 10.1. The number of rotatable bonds is 7. The second-order valence-corrected chi connectivity index (χ2v) is 9.68. The van der Waals surface area contributed by atoms with Gasteiger partial charge in [-0.2, -0.15) is 4.31 Å². The molecule has 0 bridgehead atoms. The van der Waals surface area contributed by atoms with E-state index in [-0.39, 0.29) is 24.5 Å². The molecule has 2 aromatic carbocycles.